The van der Waals surface area contributed by atoms with E-state index in [1.807, 2.05) is 24.3 Å². The Hall–Kier alpha value is -3.17. The minimum Gasteiger partial charge on any atom is -0.457 e. The van der Waals surface area contributed by atoms with Crippen molar-refractivity contribution in [3.05, 3.63) is 91.5 Å². The highest BCUT2D eigenvalue weighted by molar-refractivity contribution is 9.10. The summed E-state index contributed by atoms with van der Waals surface area (Å²) in [7, 11) is 0. The quantitative estimate of drug-likeness (QED) is 0.256. The van der Waals surface area contributed by atoms with E-state index in [1.54, 1.807) is 24.3 Å². The molecule has 2 aromatic carbocycles. The number of carbonyl (C=O) groups is 2. The number of imide groups is 1. The molecular weight excluding hydrogens is 472 g/mol. The number of hydrogen-bond acceptors (Lipinski definition) is 6. The molecular formula is C21H13BrN2O5S. The Morgan fingerprint density at radius 3 is 2.40 bits per heavy atom. The Labute approximate surface area is 183 Å². The van der Waals surface area contributed by atoms with Crippen LogP contribution in [0.2, 0.25) is 0 Å². The number of hydrogen-bond donors (Lipinski definition) is 0. The van der Waals surface area contributed by atoms with Crippen LogP contribution in [0.4, 0.5) is 10.5 Å². The van der Waals surface area contributed by atoms with E-state index in [0.29, 0.717) is 17.1 Å². The molecule has 0 N–H and O–H groups in total. The zero-order valence-electron chi connectivity index (χ0n) is 15.3. The van der Waals surface area contributed by atoms with Crippen LogP contribution in [0.25, 0.3) is 17.4 Å². The van der Waals surface area contributed by atoms with Gasteiger partial charge < -0.3 is 4.42 Å². The number of halogens is 1. The first-order valence-electron chi connectivity index (χ1n) is 8.75. The summed E-state index contributed by atoms with van der Waals surface area (Å²) >= 11 is 4.22. The van der Waals surface area contributed by atoms with E-state index in [4.69, 9.17) is 4.42 Å². The van der Waals surface area contributed by atoms with Crippen molar-refractivity contribution in [3.8, 4) is 11.3 Å². The summed E-state index contributed by atoms with van der Waals surface area (Å²) in [6, 6.07) is 16.8. The van der Waals surface area contributed by atoms with Gasteiger partial charge in [-0.2, -0.15) is 0 Å². The molecule has 3 aromatic rings. The predicted molar refractivity (Wildman–Crippen MR) is 116 cm³/mol. The Morgan fingerprint density at radius 2 is 1.73 bits per heavy atom. The zero-order valence-corrected chi connectivity index (χ0v) is 17.7. The molecule has 1 aliphatic rings. The van der Waals surface area contributed by atoms with Crippen LogP contribution in [0.1, 0.15) is 11.3 Å². The largest absolute Gasteiger partial charge is 0.457 e. The zero-order chi connectivity index (χ0) is 21.3. The van der Waals surface area contributed by atoms with E-state index in [9.17, 15) is 19.7 Å². The number of rotatable bonds is 5. The van der Waals surface area contributed by atoms with Crippen molar-refractivity contribution in [3.63, 3.8) is 0 Å². The van der Waals surface area contributed by atoms with Crippen molar-refractivity contribution in [2.24, 2.45) is 0 Å². The van der Waals surface area contributed by atoms with Crippen LogP contribution >= 0.6 is 27.7 Å². The average molecular weight is 485 g/mol. The molecule has 1 saturated heterocycles. The molecule has 0 bridgehead atoms. The lowest BCUT2D eigenvalue weighted by Crippen LogP contribution is -2.27. The second kappa shape index (κ2) is 8.29. The lowest BCUT2D eigenvalue weighted by Gasteiger charge is -2.12. The normalized spacial score (nSPS) is 15.2. The van der Waals surface area contributed by atoms with Gasteiger partial charge in [-0.05, 0) is 53.7 Å². The van der Waals surface area contributed by atoms with Gasteiger partial charge in [0.15, 0.2) is 0 Å². The summed E-state index contributed by atoms with van der Waals surface area (Å²) in [6.45, 7) is 0.196. The van der Waals surface area contributed by atoms with Gasteiger partial charge in [-0.3, -0.25) is 24.6 Å². The van der Waals surface area contributed by atoms with Gasteiger partial charge in [0.2, 0.25) is 0 Å². The summed E-state index contributed by atoms with van der Waals surface area (Å²) in [4.78, 5) is 36.7. The minimum absolute atomic E-state index is 0.00928. The highest BCUT2D eigenvalue weighted by atomic mass is 79.9. The monoisotopic (exact) mass is 484 g/mol. The lowest BCUT2D eigenvalue weighted by atomic mass is 10.1. The molecule has 0 unspecified atom stereocenters. The number of nitro groups is 1. The SMILES string of the molecule is O=C1S/C(=C/c2ccc(-c3ccc([N+](=O)[O-])cc3)o2)C(=O)N1Cc1ccc(Br)cc1. The minimum atomic E-state index is -0.471. The molecule has 9 heteroatoms. The molecule has 0 radical (unpaired) electrons. The van der Waals surface area contributed by atoms with Gasteiger partial charge in [0.05, 0.1) is 16.4 Å². The third-order valence-corrected chi connectivity index (χ3v) is 5.83. The van der Waals surface area contributed by atoms with Gasteiger partial charge in [0.25, 0.3) is 16.8 Å². The molecule has 1 fully saturated rings. The number of carbonyl (C=O) groups excluding carboxylic acids is 2. The molecule has 2 heterocycles. The molecule has 0 atom stereocenters. The van der Waals surface area contributed by atoms with E-state index in [0.717, 1.165) is 21.8 Å². The van der Waals surface area contributed by atoms with Gasteiger partial charge >= 0.3 is 0 Å². The molecule has 2 amide bonds. The standard InChI is InChI=1S/C21H13BrN2O5S/c22-15-5-1-13(2-6-15)12-23-20(25)19(30-21(23)26)11-17-9-10-18(29-17)14-3-7-16(8-4-14)24(27)28/h1-11H,12H2/b19-11+. The fourth-order valence-corrected chi connectivity index (χ4v) is 3.95. The third-order valence-electron chi connectivity index (χ3n) is 4.39. The molecule has 1 aromatic heterocycles. The van der Waals surface area contributed by atoms with Crippen molar-refractivity contribution < 1.29 is 18.9 Å². The molecule has 30 heavy (non-hydrogen) atoms. The fraction of sp³-hybridized carbons (Fsp3) is 0.0476. The van der Waals surface area contributed by atoms with Crippen molar-refractivity contribution in [1.82, 2.24) is 4.90 Å². The molecule has 150 valence electrons. The number of non-ortho nitro benzene ring substituents is 1. The summed E-state index contributed by atoms with van der Waals surface area (Å²) in [5.41, 5.74) is 1.51. The molecule has 0 spiro atoms. The van der Waals surface area contributed by atoms with Gasteiger partial charge in [0, 0.05) is 28.2 Å². The Bertz CT molecular complexity index is 1170. The maximum Gasteiger partial charge on any atom is 0.293 e. The maximum absolute atomic E-state index is 12.7. The second-order valence-electron chi connectivity index (χ2n) is 6.40. The number of furan rings is 1. The average Bonchev–Trinajstić information content (AvgIpc) is 3.30. The van der Waals surface area contributed by atoms with Crippen LogP contribution < -0.4 is 0 Å². The van der Waals surface area contributed by atoms with Crippen molar-refractivity contribution in [1.29, 1.82) is 0 Å². The topological polar surface area (TPSA) is 93.7 Å². The predicted octanol–water partition coefficient (Wildman–Crippen LogP) is 5.85. The van der Waals surface area contributed by atoms with Gasteiger partial charge in [-0.25, -0.2) is 0 Å². The third kappa shape index (κ3) is 4.22. The lowest BCUT2D eigenvalue weighted by molar-refractivity contribution is -0.384. The van der Waals surface area contributed by atoms with Crippen LogP contribution in [0.15, 0.2) is 74.5 Å². The van der Waals surface area contributed by atoms with Crippen LogP contribution in [0.5, 0.6) is 0 Å². The number of nitrogens with zero attached hydrogens (tertiary/aromatic N) is 2. The molecule has 7 nitrogen and oxygen atoms in total. The molecule has 0 aliphatic carbocycles. The molecule has 4 rings (SSSR count). The van der Waals surface area contributed by atoms with Gasteiger partial charge in [-0.15, -0.1) is 0 Å². The number of nitro benzene ring substituents is 1. The van der Waals surface area contributed by atoms with E-state index in [1.165, 1.54) is 23.1 Å². The van der Waals surface area contributed by atoms with E-state index in [2.05, 4.69) is 15.9 Å². The van der Waals surface area contributed by atoms with Gasteiger partial charge in [0.1, 0.15) is 11.5 Å². The summed E-state index contributed by atoms with van der Waals surface area (Å²) in [5, 5.41) is 10.4. The Morgan fingerprint density at radius 1 is 1.03 bits per heavy atom. The second-order valence-corrected chi connectivity index (χ2v) is 8.31. The summed E-state index contributed by atoms with van der Waals surface area (Å²) in [6.07, 6.45) is 1.53. The van der Waals surface area contributed by atoms with Crippen molar-refractivity contribution in [2.45, 2.75) is 6.54 Å². The highest BCUT2D eigenvalue weighted by Gasteiger charge is 2.35. The van der Waals surface area contributed by atoms with Crippen LogP contribution in [0.3, 0.4) is 0 Å². The van der Waals surface area contributed by atoms with Crippen LogP contribution in [-0.4, -0.2) is 21.0 Å². The number of thioether (sulfide) groups is 1. The van der Waals surface area contributed by atoms with Crippen molar-refractivity contribution >= 4 is 50.6 Å². The summed E-state index contributed by atoms with van der Waals surface area (Å²) < 4.78 is 6.65. The number of amides is 2. The smallest absolute Gasteiger partial charge is 0.293 e. The first kappa shape index (κ1) is 20.1. The van der Waals surface area contributed by atoms with Gasteiger partial charge in [-0.1, -0.05) is 28.1 Å². The molecule has 1 aliphatic heterocycles. The first-order valence-corrected chi connectivity index (χ1v) is 10.4. The maximum atomic E-state index is 12.7. The fourth-order valence-electron chi connectivity index (χ4n) is 2.87. The first-order chi connectivity index (χ1) is 14.4. The van der Waals surface area contributed by atoms with Crippen molar-refractivity contribution in [2.75, 3.05) is 0 Å². The highest BCUT2D eigenvalue weighted by Crippen LogP contribution is 2.34. The summed E-state index contributed by atoms with van der Waals surface area (Å²) in [5.74, 6) is 0.545. The molecule has 0 saturated carbocycles. The van der Waals surface area contributed by atoms with Crippen LogP contribution in [0, 0.1) is 10.1 Å². The van der Waals surface area contributed by atoms with E-state index in [-0.39, 0.29) is 28.3 Å². The Kier molecular flexibility index (Phi) is 5.56. The van der Waals surface area contributed by atoms with Crippen LogP contribution in [-0.2, 0) is 11.3 Å². The van der Waals surface area contributed by atoms with E-state index >= 15 is 0 Å². The number of benzene rings is 2. The Balaban J connectivity index is 1.51. The van der Waals surface area contributed by atoms with E-state index < -0.39 is 4.92 Å².